The quantitative estimate of drug-likeness (QED) is 0.870. The van der Waals surface area contributed by atoms with Crippen LogP contribution in [0.25, 0.3) is 0 Å². The Labute approximate surface area is 142 Å². The van der Waals surface area contributed by atoms with E-state index in [1.807, 2.05) is 24.5 Å². The normalized spacial score (nSPS) is 24.4. The average molecular weight is 324 g/mol. The molecule has 5 heteroatoms. The third kappa shape index (κ3) is 2.73. The lowest BCUT2D eigenvalue weighted by atomic mass is 9.86. The van der Waals surface area contributed by atoms with E-state index in [0.717, 1.165) is 38.3 Å². The van der Waals surface area contributed by atoms with Gasteiger partial charge in [0.05, 0.1) is 12.0 Å². The topological polar surface area (TPSA) is 41.4 Å². The molecule has 0 radical (unpaired) electrons. The molecule has 2 aliphatic heterocycles. The maximum absolute atomic E-state index is 12.6. The van der Waals surface area contributed by atoms with Crippen molar-refractivity contribution in [3.8, 4) is 0 Å². The summed E-state index contributed by atoms with van der Waals surface area (Å²) in [4.78, 5) is 21.2. The Kier molecular flexibility index (Phi) is 3.68. The lowest BCUT2D eigenvalue weighted by molar-refractivity contribution is -0.117. The summed E-state index contributed by atoms with van der Waals surface area (Å²) in [7, 11) is 2.03. The highest BCUT2D eigenvalue weighted by Gasteiger charge is 2.47. The van der Waals surface area contributed by atoms with E-state index >= 15 is 0 Å². The Morgan fingerprint density at radius 2 is 2.00 bits per heavy atom. The molecule has 2 saturated heterocycles. The van der Waals surface area contributed by atoms with Crippen molar-refractivity contribution in [3.05, 3.63) is 48.0 Å². The van der Waals surface area contributed by atoms with Gasteiger partial charge in [-0.25, -0.2) is 4.98 Å². The van der Waals surface area contributed by atoms with Gasteiger partial charge in [-0.1, -0.05) is 17.7 Å². The minimum absolute atomic E-state index is 0.112. The molecule has 0 aliphatic carbocycles. The number of hydrogen-bond donors (Lipinski definition) is 0. The van der Waals surface area contributed by atoms with Crippen LogP contribution in [-0.4, -0.2) is 40.0 Å². The van der Waals surface area contributed by atoms with E-state index in [0.29, 0.717) is 6.42 Å². The first kappa shape index (κ1) is 15.4. The third-order valence-electron chi connectivity index (χ3n) is 5.49. The molecule has 2 aromatic rings. The molecule has 0 unspecified atom stereocenters. The average Bonchev–Trinajstić information content (AvgIpc) is 3.22. The zero-order valence-corrected chi connectivity index (χ0v) is 14.4. The number of carbonyl (C=O) groups excluding carboxylic acids is 1. The highest BCUT2D eigenvalue weighted by Crippen LogP contribution is 2.42. The van der Waals surface area contributed by atoms with Crippen molar-refractivity contribution >= 4 is 11.6 Å². The monoisotopic (exact) mass is 324 g/mol. The standard InChI is InChI=1S/C19H24N4O/c1-15-3-5-16(6-4-15)23-13-19(9-18(23)24)7-8-22(12-19)11-17-10-20-14-21(17)2/h3-6,10,14H,7-9,11-13H2,1-2H3/t19-/m0/s1. The van der Waals surface area contributed by atoms with Crippen LogP contribution in [0.3, 0.4) is 0 Å². The highest BCUT2D eigenvalue weighted by molar-refractivity contribution is 5.96. The molecule has 0 saturated carbocycles. The molecule has 1 spiro atoms. The van der Waals surface area contributed by atoms with Gasteiger partial charge in [-0.15, -0.1) is 0 Å². The van der Waals surface area contributed by atoms with E-state index in [4.69, 9.17) is 0 Å². The van der Waals surface area contributed by atoms with Crippen LogP contribution in [0.4, 0.5) is 5.69 Å². The second-order valence-electron chi connectivity index (χ2n) is 7.45. The van der Waals surface area contributed by atoms with Gasteiger partial charge < -0.3 is 9.47 Å². The Balaban J connectivity index is 1.46. The van der Waals surface area contributed by atoms with E-state index in [1.165, 1.54) is 11.3 Å². The fraction of sp³-hybridized carbons (Fsp3) is 0.474. The van der Waals surface area contributed by atoms with Crippen LogP contribution in [0.15, 0.2) is 36.8 Å². The van der Waals surface area contributed by atoms with Crippen molar-refractivity contribution in [3.63, 3.8) is 0 Å². The summed E-state index contributed by atoms with van der Waals surface area (Å²) in [6.07, 6.45) is 5.55. The second-order valence-corrected chi connectivity index (χ2v) is 7.45. The van der Waals surface area contributed by atoms with Crippen LogP contribution in [0.2, 0.25) is 0 Å². The number of carbonyl (C=O) groups is 1. The Bertz CT molecular complexity index is 751. The molecule has 3 heterocycles. The predicted molar refractivity (Wildman–Crippen MR) is 93.7 cm³/mol. The maximum Gasteiger partial charge on any atom is 0.227 e. The van der Waals surface area contributed by atoms with Crippen LogP contribution < -0.4 is 4.90 Å². The summed E-state index contributed by atoms with van der Waals surface area (Å²) < 4.78 is 2.07. The molecule has 2 aliphatic rings. The van der Waals surface area contributed by atoms with Crippen LogP contribution in [0, 0.1) is 12.3 Å². The maximum atomic E-state index is 12.6. The number of aryl methyl sites for hydroxylation is 2. The summed E-state index contributed by atoms with van der Waals surface area (Å²) in [5.74, 6) is 0.265. The van der Waals surface area contributed by atoms with E-state index in [9.17, 15) is 4.79 Å². The molecule has 126 valence electrons. The summed E-state index contributed by atoms with van der Waals surface area (Å²) in [5, 5.41) is 0. The van der Waals surface area contributed by atoms with Gasteiger partial charge in [-0.05, 0) is 32.0 Å². The van der Waals surface area contributed by atoms with Gasteiger partial charge in [0.25, 0.3) is 0 Å². The van der Waals surface area contributed by atoms with Crippen molar-refractivity contribution in [1.29, 1.82) is 0 Å². The lowest BCUT2D eigenvalue weighted by Crippen LogP contribution is -2.31. The molecule has 2 fully saturated rings. The number of likely N-dealkylation sites (tertiary alicyclic amines) is 1. The smallest absolute Gasteiger partial charge is 0.227 e. The lowest BCUT2D eigenvalue weighted by Gasteiger charge is -2.24. The number of benzene rings is 1. The van der Waals surface area contributed by atoms with Gasteiger partial charge in [0.15, 0.2) is 0 Å². The minimum Gasteiger partial charge on any atom is -0.337 e. The van der Waals surface area contributed by atoms with Crippen LogP contribution in [0.5, 0.6) is 0 Å². The zero-order chi connectivity index (χ0) is 16.7. The van der Waals surface area contributed by atoms with Crippen molar-refractivity contribution in [2.45, 2.75) is 26.3 Å². The molecule has 24 heavy (non-hydrogen) atoms. The van der Waals surface area contributed by atoms with Gasteiger partial charge in [0.1, 0.15) is 0 Å². The number of hydrogen-bond acceptors (Lipinski definition) is 3. The van der Waals surface area contributed by atoms with Gasteiger partial charge in [-0.2, -0.15) is 0 Å². The summed E-state index contributed by atoms with van der Waals surface area (Å²) in [6, 6.07) is 8.29. The number of imidazole rings is 1. The van der Waals surface area contributed by atoms with Crippen LogP contribution in [-0.2, 0) is 18.4 Å². The number of anilines is 1. The molecule has 0 N–H and O–H groups in total. The molecule has 0 bridgehead atoms. The molecule has 1 atom stereocenters. The van der Waals surface area contributed by atoms with Crippen LogP contribution >= 0.6 is 0 Å². The molecule has 4 rings (SSSR count). The summed E-state index contributed by atoms with van der Waals surface area (Å²) in [6.45, 7) is 5.88. The molecule has 1 aromatic heterocycles. The highest BCUT2D eigenvalue weighted by atomic mass is 16.2. The summed E-state index contributed by atoms with van der Waals surface area (Å²) in [5.41, 5.74) is 3.60. The first-order valence-electron chi connectivity index (χ1n) is 8.59. The number of rotatable bonds is 3. The van der Waals surface area contributed by atoms with Crippen molar-refractivity contribution in [2.75, 3.05) is 24.5 Å². The van der Waals surface area contributed by atoms with Crippen molar-refractivity contribution < 1.29 is 4.79 Å². The minimum atomic E-state index is 0.112. The van der Waals surface area contributed by atoms with Gasteiger partial charge in [-0.3, -0.25) is 9.69 Å². The fourth-order valence-electron chi connectivity index (χ4n) is 4.06. The molecular weight excluding hydrogens is 300 g/mol. The SMILES string of the molecule is Cc1ccc(N2C[C@@]3(CCN(Cc4cncn4C)C3)CC2=O)cc1. The first-order valence-corrected chi connectivity index (χ1v) is 8.59. The van der Waals surface area contributed by atoms with Crippen LogP contribution in [0.1, 0.15) is 24.1 Å². The van der Waals surface area contributed by atoms with Gasteiger partial charge in [0.2, 0.25) is 5.91 Å². The molecule has 5 nitrogen and oxygen atoms in total. The summed E-state index contributed by atoms with van der Waals surface area (Å²) >= 11 is 0. The largest absolute Gasteiger partial charge is 0.337 e. The van der Waals surface area contributed by atoms with Crippen molar-refractivity contribution in [2.24, 2.45) is 12.5 Å². The fourth-order valence-corrected chi connectivity index (χ4v) is 4.06. The van der Waals surface area contributed by atoms with E-state index < -0.39 is 0 Å². The Hall–Kier alpha value is -2.14. The Morgan fingerprint density at radius 1 is 1.21 bits per heavy atom. The second kappa shape index (κ2) is 5.74. The third-order valence-corrected chi connectivity index (χ3v) is 5.49. The molecular formula is C19H24N4O. The molecule has 1 aromatic carbocycles. The molecule has 1 amide bonds. The zero-order valence-electron chi connectivity index (χ0n) is 14.4. The predicted octanol–water partition coefficient (Wildman–Crippen LogP) is 2.36. The first-order chi connectivity index (χ1) is 11.5. The van der Waals surface area contributed by atoms with Crippen molar-refractivity contribution in [1.82, 2.24) is 14.5 Å². The number of amides is 1. The van der Waals surface area contributed by atoms with Gasteiger partial charge >= 0.3 is 0 Å². The van der Waals surface area contributed by atoms with E-state index in [1.54, 1.807) is 0 Å². The Morgan fingerprint density at radius 3 is 2.71 bits per heavy atom. The van der Waals surface area contributed by atoms with E-state index in [2.05, 4.69) is 45.6 Å². The number of aromatic nitrogens is 2. The van der Waals surface area contributed by atoms with Gasteiger partial charge in [0, 0.05) is 50.4 Å². The number of nitrogens with zero attached hydrogens (tertiary/aromatic N) is 4. The van der Waals surface area contributed by atoms with E-state index in [-0.39, 0.29) is 11.3 Å².